The van der Waals surface area contributed by atoms with Crippen molar-refractivity contribution in [3.05, 3.63) is 41.7 Å². The highest BCUT2D eigenvalue weighted by atomic mass is 14.8. The number of hydrogen-bond acceptors (Lipinski definition) is 2. The van der Waals surface area contributed by atoms with Gasteiger partial charge in [-0.25, -0.2) is 9.97 Å². The lowest BCUT2D eigenvalue weighted by Gasteiger charge is -2.04. The third kappa shape index (κ3) is 1.89. The van der Waals surface area contributed by atoms with E-state index in [4.69, 9.17) is 0 Å². The van der Waals surface area contributed by atoms with Crippen LogP contribution in [0.3, 0.4) is 0 Å². The van der Waals surface area contributed by atoms with Crippen LogP contribution >= 0.6 is 0 Å². The summed E-state index contributed by atoms with van der Waals surface area (Å²) in [6.45, 7) is 4.10. The molecule has 15 heavy (non-hydrogen) atoms. The van der Waals surface area contributed by atoms with Gasteiger partial charge in [0, 0.05) is 0 Å². The fourth-order valence-electron chi connectivity index (χ4n) is 1.60. The minimum atomic E-state index is 0.914. The van der Waals surface area contributed by atoms with Crippen molar-refractivity contribution in [2.24, 2.45) is 0 Å². The third-order valence-corrected chi connectivity index (χ3v) is 2.33. The van der Waals surface area contributed by atoms with Crippen LogP contribution in [-0.4, -0.2) is 9.97 Å². The minimum absolute atomic E-state index is 0.914. The SMILES string of the molecule is CC=Cc1nc2ccccc2nc1CC. The summed E-state index contributed by atoms with van der Waals surface area (Å²) in [6, 6.07) is 7.98. The average Bonchev–Trinajstić information content (AvgIpc) is 2.28. The van der Waals surface area contributed by atoms with Crippen molar-refractivity contribution in [2.45, 2.75) is 20.3 Å². The molecule has 2 aromatic rings. The highest BCUT2D eigenvalue weighted by Crippen LogP contribution is 2.14. The molecule has 1 aromatic heterocycles. The molecule has 0 aliphatic rings. The summed E-state index contributed by atoms with van der Waals surface area (Å²) in [4.78, 5) is 9.18. The number of para-hydroxylation sites is 2. The monoisotopic (exact) mass is 198 g/mol. The van der Waals surface area contributed by atoms with Crippen molar-refractivity contribution < 1.29 is 0 Å². The molecule has 0 radical (unpaired) electrons. The molecule has 0 unspecified atom stereocenters. The highest BCUT2D eigenvalue weighted by molar-refractivity contribution is 5.75. The molecule has 0 atom stereocenters. The Morgan fingerprint density at radius 1 is 1.13 bits per heavy atom. The van der Waals surface area contributed by atoms with E-state index in [1.807, 2.05) is 43.3 Å². The molecule has 76 valence electrons. The van der Waals surface area contributed by atoms with Crippen LogP contribution in [-0.2, 0) is 6.42 Å². The van der Waals surface area contributed by atoms with Crippen LogP contribution in [0.4, 0.5) is 0 Å². The molecule has 0 bridgehead atoms. The molecule has 0 saturated heterocycles. The second kappa shape index (κ2) is 4.22. The molecule has 2 rings (SSSR count). The van der Waals surface area contributed by atoms with Gasteiger partial charge in [-0.3, -0.25) is 0 Å². The van der Waals surface area contributed by atoms with Gasteiger partial charge in [0.05, 0.1) is 22.4 Å². The van der Waals surface area contributed by atoms with Crippen molar-refractivity contribution in [1.82, 2.24) is 9.97 Å². The first-order valence-electron chi connectivity index (χ1n) is 5.23. The number of rotatable bonds is 2. The van der Waals surface area contributed by atoms with Gasteiger partial charge in [0.25, 0.3) is 0 Å². The molecular weight excluding hydrogens is 184 g/mol. The Bertz CT molecular complexity index is 501. The van der Waals surface area contributed by atoms with Crippen molar-refractivity contribution in [2.75, 3.05) is 0 Å². The van der Waals surface area contributed by atoms with Gasteiger partial charge < -0.3 is 0 Å². The van der Waals surface area contributed by atoms with E-state index in [1.54, 1.807) is 0 Å². The van der Waals surface area contributed by atoms with Gasteiger partial charge in [-0.1, -0.05) is 25.1 Å². The molecule has 0 N–H and O–H groups in total. The van der Waals surface area contributed by atoms with Crippen molar-refractivity contribution in [1.29, 1.82) is 0 Å². The Kier molecular flexibility index (Phi) is 2.77. The van der Waals surface area contributed by atoms with E-state index in [0.717, 1.165) is 28.8 Å². The summed E-state index contributed by atoms with van der Waals surface area (Å²) >= 11 is 0. The summed E-state index contributed by atoms with van der Waals surface area (Å²) in [5.74, 6) is 0. The normalized spacial score (nSPS) is 11.3. The fraction of sp³-hybridized carbons (Fsp3) is 0.231. The van der Waals surface area contributed by atoms with Crippen molar-refractivity contribution >= 4 is 17.1 Å². The second-order valence-electron chi connectivity index (χ2n) is 3.40. The molecule has 0 fully saturated rings. The molecule has 2 heteroatoms. The average molecular weight is 198 g/mol. The molecule has 0 amide bonds. The maximum Gasteiger partial charge on any atom is 0.0894 e. The summed E-state index contributed by atoms with van der Waals surface area (Å²) < 4.78 is 0. The number of aryl methyl sites for hydroxylation is 1. The fourth-order valence-corrected chi connectivity index (χ4v) is 1.60. The second-order valence-corrected chi connectivity index (χ2v) is 3.40. The molecule has 2 nitrogen and oxygen atoms in total. The molecule has 0 saturated carbocycles. The lowest BCUT2D eigenvalue weighted by Crippen LogP contribution is -1.96. The summed E-state index contributed by atoms with van der Waals surface area (Å²) in [5, 5.41) is 0. The van der Waals surface area contributed by atoms with E-state index in [2.05, 4.69) is 16.9 Å². The summed E-state index contributed by atoms with van der Waals surface area (Å²) in [6.07, 6.45) is 4.92. The van der Waals surface area contributed by atoms with E-state index in [-0.39, 0.29) is 0 Å². The molecule has 0 aliphatic heterocycles. The highest BCUT2D eigenvalue weighted by Gasteiger charge is 2.03. The molecule has 0 spiro atoms. The van der Waals surface area contributed by atoms with Gasteiger partial charge in [-0.15, -0.1) is 0 Å². The van der Waals surface area contributed by atoms with E-state index in [1.165, 1.54) is 0 Å². The lowest BCUT2D eigenvalue weighted by molar-refractivity contribution is 1.02. The first-order valence-corrected chi connectivity index (χ1v) is 5.23. The number of allylic oxidation sites excluding steroid dienone is 1. The Morgan fingerprint density at radius 2 is 1.80 bits per heavy atom. The first-order chi connectivity index (χ1) is 7.35. The van der Waals surface area contributed by atoms with Crippen LogP contribution in [0.25, 0.3) is 17.1 Å². The van der Waals surface area contributed by atoms with Crippen molar-refractivity contribution in [3.8, 4) is 0 Å². The Morgan fingerprint density at radius 3 is 2.40 bits per heavy atom. The predicted octanol–water partition coefficient (Wildman–Crippen LogP) is 3.23. The molecule has 1 heterocycles. The maximum atomic E-state index is 4.60. The predicted molar refractivity (Wildman–Crippen MR) is 63.6 cm³/mol. The van der Waals surface area contributed by atoms with E-state index in [9.17, 15) is 0 Å². The topological polar surface area (TPSA) is 25.8 Å². The van der Waals surface area contributed by atoms with E-state index in [0.29, 0.717) is 0 Å². The van der Waals surface area contributed by atoms with E-state index >= 15 is 0 Å². The van der Waals surface area contributed by atoms with Gasteiger partial charge in [0.2, 0.25) is 0 Å². The molecule has 0 aliphatic carbocycles. The van der Waals surface area contributed by atoms with E-state index < -0.39 is 0 Å². The largest absolute Gasteiger partial charge is 0.249 e. The van der Waals surface area contributed by atoms with Crippen LogP contribution in [0.15, 0.2) is 30.3 Å². The van der Waals surface area contributed by atoms with Crippen LogP contribution in [0.1, 0.15) is 25.2 Å². The standard InChI is InChI=1S/C13H14N2/c1-3-7-11-10(4-2)14-12-8-5-6-9-13(12)15-11/h3,5-9H,4H2,1-2H3. The molecular formula is C13H14N2. The van der Waals surface area contributed by atoms with Gasteiger partial charge in [-0.2, -0.15) is 0 Å². The van der Waals surface area contributed by atoms with Crippen LogP contribution in [0, 0.1) is 0 Å². The molecule has 1 aromatic carbocycles. The van der Waals surface area contributed by atoms with Gasteiger partial charge in [0.15, 0.2) is 0 Å². The van der Waals surface area contributed by atoms with Crippen LogP contribution in [0.5, 0.6) is 0 Å². The minimum Gasteiger partial charge on any atom is -0.249 e. The van der Waals surface area contributed by atoms with Gasteiger partial charge >= 0.3 is 0 Å². The summed E-state index contributed by atoms with van der Waals surface area (Å²) in [7, 11) is 0. The van der Waals surface area contributed by atoms with Crippen molar-refractivity contribution in [3.63, 3.8) is 0 Å². The number of aromatic nitrogens is 2. The third-order valence-electron chi connectivity index (χ3n) is 2.33. The van der Waals surface area contributed by atoms with Crippen LogP contribution in [0.2, 0.25) is 0 Å². The lowest BCUT2D eigenvalue weighted by atomic mass is 10.2. The zero-order chi connectivity index (χ0) is 10.7. The van der Waals surface area contributed by atoms with Gasteiger partial charge in [0.1, 0.15) is 0 Å². The van der Waals surface area contributed by atoms with Crippen LogP contribution < -0.4 is 0 Å². The zero-order valence-electron chi connectivity index (χ0n) is 9.07. The number of benzene rings is 1. The number of nitrogens with zero attached hydrogens (tertiary/aromatic N) is 2. The zero-order valence-corrected chi connectivity index (χ0v) is 9.07. The number of hydrogen-bond donors (Lipinski definition) is 0. The quantitative estimate of drug-likeness (QED) is 0.740. The smallest absolute Gasteiger partial charge is 0.0894 e. The summed E-state index contributed by atoms with van der Waals surface area (Å²) in [5.41, 5.74) is 3.98. The van der Waals surface area contributed by atoms with Gasteiger partial charge in [-0.05, 0) is 31.6 Å². The maximum absolute atomic E-state index is 4.60. The Hall–Kier alpha value is -1.70. The Labute approximate surface area is 89.7 Å². The first kappa shape index (κ1) is 9.84. The Balaban J connectivity index is 2.69. The number of fused-ring (bicyclic) bond motifs is 1.